The first-order valence-corrected chi connectivity index (χ1v) is 42.2. The molecule has 95 heavy (non-hydrogen) atoms. The Morgan fingerprint density at radius 1 is 0.263 bits per heavy atom. The van der Waals surface area contributed by atoms with Crippen LogP contribution in [0, 0.1) is 23.7 Å². The topological polar surface area (TPSA) is 237 Å². The smallest absolute Gasteiger partial charge is 0.462 e. The zero-order valence-electron chi connectivity index (χ0n) is 62.3. The van der Waals surface area contributed by atoms with Gasteiger partial charge in [-0.05, 0) is 49.4 Å². The van der Waals surface area contributed by atoms with Crippen LogP contribution in [0.15, 0.2) is 0 Å². The molecule has 0 rings (SSSR count). The first-order valence-electron chi connectivity index (χ1n) is 39.2. The van der Waals surface area contributed by atoms with Gasteiger partial charge in [-0.2, -0.15) is 0 Å². The summed E-state index contributed by atoms with van der Waals surface area (Å²) in [5.74, 6) is 0.919. The number of phosphoric acid groups is 2. The summed E-state index contributed by atoms with van der Waals surface area (Å²) in [5, 5.41) is 10.6. The van der Waals surface area contributed by atoms with Crippen LogP contribution < -0.4 is 0 Å². The molecule has 0 aromatic carbocycles. The minimum Gasteiger partial charge on any atom is -0.462 e. The molecule has 564 valence electrons. The molecule has 0 aromatic rings. The summed E-state index contributed by atoms with van der Waals surface area (Å²) in [4.78, 5) is 72.8. The summed E-state index contributed by atoms with van der Waals surface area (Å²) in [6.45, 7) is 14.2. The second-order valence-corrected chi connectivity index (χ2v) is 32.2. The minimum absolute atomic E-state index is 0.105. The van der Waals surface area contributed by atoms with Crippen LogP contribution in [0.5, 0.6) is 0 Å². The van der Waals surface area contributed by atoms with Crippen molar-refractivity contribution in [3.8, 4) is 0 Å². The van der Waals surface area contributed by atoms with Crippen molar-refractivity contribution in [1.29, 1.82) is 0 Å². The van der Waals surface area contributed by atoms with E-state index in [1.54, 1.807) is 0 Å². The van der Waals surface area contributed by atoms with Gasteiger partial charge in [0.1, 0.15) is 19.3 Å². The van der Waals surface area contributed by atoms with Crippen LogP contribution in [-0.2, 0) is 65.4 Å². The van der Waals surface area contributed by atoms with Crippen LogP contribution in [0.1, 0.15) is 383 Å². The molecule has 0 heterocycles. The third kappa shape index (κ3) is 70.3. The molecule has 0 aromatic heterocycles. The fourth-order valence-corrected chi connectivity index (χ4v) is 13.1. The molecule has 0 amide bonds. The van der Waals surface area contributed by atoms with Crippen LogP contribution in [-0.4, -0.2) is 96.7 Å². The number of esters is 4. The molecule has 0 aliphatic carbocycles. The number of hydrogen-bond acceptors (Lipinski definition) is 15. The highest BCUT2D eigenvalue weighted by molar-refractivity contribution is 7.47. The normalized spacial score (nSPS) is 14.1. The lowest BCUT2D eigenvalue weighted by Crippen LogP contribution is -2.30. The summed E-state index contributed by atoms with van der Waals surface area (Å²) in [6.07, 6.45) is 50.0. The van der Waals surface area contributed by atoms with Crippen molar-refractivity contribution >= 4 is 39.5 Å². The van der Waals surface area contributed by atoms with Gasteiger partial charge < -0.3 is 33.8 Å². The number of hydrogen-bond donors (Lipinski definition) is 3. The number of ether oxygens (including phenoxy) is 4. The first-order chi connectivity index (χ1) is 45.6. The van der Waals surface area contributed by atoms with Gasteiger partial charge in [0.05, 0.1) is 26.4 Å². The lowest BCUT2D eigenvalue weighted by atomic mass is 10.0. The quantitative estimate of drug-likeness (QED) is 0.0222. The highest BCUT2D eigenvalue weighted by Gasteiger charge is 2.30. The molecule has 0 fully saturated rings. The van der Waals surface area contributed by atoms with Gasteiger partial charge in [-0.25, -0.2) is 9.13 Å². The van der Waals surface area contributed by atoms with E-state index in [1.807, 2.05) is 0 Å². The molecule has 0 radical (unpaired) electrons. The van der Waals surface area contributed by atoms with E-state index in [4.69, 9.17) is 37.0 Å². The van der Waals surface area contributed by atoms with E-state index in [9.17, 15) is 43.2 Å². The van der Waals surface area contributed by atoms with Gasteiger partial charge in [-0.3, -0.25) is 37.3 Å². The SMILES string of the molecule is CC(C)CCCCCCCCCCCCCCCCCC(=O)O[C@H](COC(=O)CCCCCCCCCCCCC(C)C)COP(=O)(O)OCC(O)COP(=O)(O)OC[C@@H](COC(=O)CCCCCCCCCCC(C)C)OC(=O)CCCCCCCCCCCCC(C)C. The van der Waals surface area contributed by atoms with Crippen molar-refractivity contribution in [2.75, 3.05) is 39.6 Å². The average Bonchev–Trinajstić information content (AvgIpc) is 1.64. The number of phosphoric ester groups is 2. The fraction of sp³-hybridized carbons (Fsp3) is 0.947. The van der Waals surface area contributed by atoms with Gasteiger partial charge in [0.15, 0.2) is 12.2 Å². The van der Waals surface area contributed by atoms with Gasteiger partial charge in [-0.15, -0.1) is 0 Å². The molecule has 19 heteroatoms. The highest BCUT2D eigenvalue weighted by Crippen LogP contribution is 2.45. The van der Waals surface area contributed by atoms with Crippen molar-refractivity contribution < 1.29 is 80.2 Å². The van der Waals surface area contributed by atoms with Crippen molar-refractivity contribution in [1.82, 2.24) is 0 Å². The Kier molecular flexibility index (Phi) is 64.0. The van der Waals surface area contributed by atoms with E-state index in [0.29, 0.717) is 25.7 Å². The van der Waals surface area contributed by atoms with Crippen LogP contribution in [0.2, 0.25) is 0 Å². The van der Waals surface area contributed by atoms with Crippen molar-refractivity contribution in [2.24, 2.45) is 23.7 Å². The van der Waals surface area contributed by atoms with E-state index in [0.717, 1.165) is 114 Å². The molecule has 0 bridgehead atoms. The number of unbranched alkanes of at least 4 members (excludes halogenated alkanes) is 39. The Morgan fingerprint density at radius 2 is 0.442 bits per heavy atom. The largest absolute Gasteiger partial charge is 0.472 e. The van der Waals surface area contributed by atoms with Gasteiger partial charge in [0, 0.05) is 25.7 Å². The van der Waals surface area contributed by atoms with E-state index >= 15 is 0 Å². The monoisotopic (exact) mass is 1400 g/mol. The van der Waals surface area contributed by atoms with Crippen molar-refractivity contribution in [2.45, 2.75) is 401 Å². The fourth-order valence-electron chi connectivity index (χ4n) is 11.6. The van der Waals surface area contributed by atoms with Gasteiger partial charge >= 0.3 is 39.5 Å². The molecule has 3 unspecified atom stereocenters. The van der Waals surface area contributed by atoms with Gasteiger partial charge in [-0.1, -0.05) is 331 Å². The van der Waals surface area contributed by atoms with E-state index in [-0.39, 0.29) is 25.7 Å². The summed E-state index contributed by atoms with van der Waals surface area (Å²) in [7, 11) is -9.91. The molecule has 17 nitrogen and oxygen atoms in total. The third-order valence-corrected chi connectivity index (χ3v) is 19.5. The summed E-state index contributed by atoms with van der Waals surface area (Å²) >= 11 is 0. The molecule has 0 spiro atoms. The van der Waals surface area contributed by atoms with Crippen molar-refractivity contribution in [3.05, 3.63) is 0 Å². The molecule has 3 N–H and O–H groups in total. The second-order valence-electron chi connectivity index (χ2n) is 29.3. The molecule has 0 saturated heterocycles. The predicted molar refractivity (Wildman–Crippen MR) is 386 cm³/mol. The Labute approximate surface area is 581 Å². The number of aliphatic hydroxyl groups is 1. The van der Waals surface area contributed by atoms with Gasteiger partial charge in [0.2, 0.25) is 0 Å². The Hall–Kier alpha value is -1.94. The molecule has 0 aliphatic heterocycles. The first kappa shape index (κ1) is 93.1. The molecular formula is C76H148O17P2. The van der Waals surface area contributed by atoms with Crippen LogP contribution in [0.25, 0.3) is 0 Å². The number of carbonyl (C=O) groups is 4. The lowest BCUT2D eigenvalue weighted by molar-refractivity contribution is -0.161. The van der Waals surface area contributed by atoms with E-state index in [2.05, 4.69) is 55.4 Å². The van der Waals surface area contributed by atoms with Crippen LogP contribution >= 0.6 is 15.6 Å². The zero-order valence-corrected chi connectivity index (χ0v) is 64.1. The standard InChI is InChI=1S/C76H148O17P2/c1-66(2)52-44-36-28-20-14-12-10-9-11-13-15-24-34-42-50-58-75(80)92-71(62-86-73(78)56-48-40-32-23-18-16-21-29-37-45-53-67(3)4)64-90-94(82,83)88-60-70(77)61-89-95(84,85)91-65-72(63-87-74(79)57-49-41-33-27-26-31-39-47-55-69(7)8)93-76(81)59-51-43-35-25-19-17-22-30-38-46-54-68(5)6/h66-72,77H,9-65H2,1-8H3,(H,82,83)(H,84,85)/t70?,71-,72-/m1/s1. The van der Waals surface area contributed by atoms with E-state index in [1.165, 1.54) is 186 Å². The number of carbonyl (C=O) groups excluding carboxylic acids is 4. The number of aliphatic hydroxyl groups excluding tert-OH is 1. The van der Waals surface area contributed by atoms with Crippen molar-refractivity contribution in [3.63, 3.8) is 0 Å². The summed E-state index contributed by atoms with van der Waals surface area (Å²) < 4.78 is 68.5. The maximum absolute atomic E-state index is 13.1. The Bertz CT molecular complexity index is 1870. The summed E-state index contributed by atoms with van der Waals surface area (Å²) in [5.41, 5.74) is 0. The van der Waals surface area contributed by atoms with Gasteiger partial charge in [0.25, 0.3) is 0 Å². The average molecular weight is 1400 g/mol. The maximum atomic E-state index is 13.1. The van der Waals surface area contributed by atoms with E-state index < -0.39 is 97.5 Å². The number of rotatable bonds is 73. The molecular weight excluding hydrogens is 1250 g/mol. The Balaban J connectivity index is 5.25. The predicted octanol–water partition coefficient (Wildman–Crippen LogP) is 22.0. The molecule has 0 aliphatic rings. The molecule has 0 saturated carbocycles. The van der Waals surface area contributed by atoms with Crippen LogP contribution in [0.3, 0.4) is 0 Å². The maximum Gasteiger partial charge on any atom is 0.472 e. The summed E-state index contributed by atoms with van der Waals surface area (Å²) in [6, 6.07) is 0. The second kappa shape index (κ2) is 65.4. The zero-order chi connectivity index (χ0) is 70.3. The Morgan fingerprint density at radius 3 is 0.653 bits per heavy atom. The molecule has 5 atom stereocenters. The third-order valence-electron chi connectivity index (χ3n) is 17.6. The minimum atomic E-state index is -4.96. The highest BCUT2D eigenvalue weighted by atomic mass is 31.2. The van der Waals surface area contributed by atoms with Crippen LogP contribution in [0.4, 0.5) is 0 Å². The lowest BCUT2D eigenvalue weighted by Gasteiger charge is -2.21.